The average molecular weight is 244 g/mol. The lowest BCUT2D eigenvalue weighted by Gasteiger charge is -2.03. The maximum Gasteiger partial charge on any atom is 0.150 e. The zero-order valence-electron chi connectivity index (χ0n) is 6.54. The summed E-state index contributed by atoms with van der Waals surface area (Å²) in [5, 5.41) is 2.98. The van der Waals surface area contributed by atoms with Gasteiger partial charge >= 0.3 is 0 Å². The van der Waals surface area contributed by atoms with E-state index in [0.29, 0.717) is 17.4 Å². The fraction of sp³-hybridized carbons (Fsp3) is 1.00. The first-order valence-electron chi connectivity index (χ1n) is 3.49. The van der Waals surface area contributed by atoms with Crippen LogP contribution in [0.25, 0.3) is 0 Å². The number of halogens is 1. The molecule has 5 heteroatoms. The Balaban J connectivity index is 0.000001000. The van der Waals surface area contributed by atoms with Crippen molar-refractivity contribution in [3.05, 3.63) is 0 Å². The third-order valence-corrected chi connectivity index (χ3v) is 3.66. The first kappa shape index (κ1) is 11.4. The van der Waals surface area contributed by atoms with E-state index in [1.807, 2.05) is 7.05 Å². The second-order valence-corrected chi connectivity index (χ2v) is 5.06. The van der Waals surface area contributed by atoms with Gasteiger partial charge < -0.3 is 5.32 Å². The number of nitrogens with one attached hydrogen (secondary N) is 1. The maximum atomic E-state index is 10.9. The van der Waals surface area contributed by atoms with E-state index < -0.39 is 9.84 Å². The van der Waals surface area contributed by atoms with Gasteiger partial charge in [0.05, 0.1) is 11.5 Å². The second-order valence-electron chi connectivity index (χ2n) is 2.83. The van der Waals surface area contributed by atoms with Crippen LogP contribution in [0.15, 0.2) is 0 Å². The van der Waals surface area contributed by atoms with Gasteiger partial charge in [0.1, 0.15) is 0 Å². The largest absolute Gasteiger partial charge is 0.319 e. The summed E-state index contributed by atoms with van der Waals surface area (Å²) in [5.74, 6) is 1.13. The number of hydrogen-bond acceptors (Lipinski definition) is 3. The molecule has 0 aliphatic carbocycles. The topological polar surface area (TPSA) is 46.2 Å². The molecule has 1 unspecified atom stereocenters. The highest BCUT2D eigenvalue weighted by molar-refractivity contribution is 8.93. The quantitative estimate of drug-likeness (QED) is 0.755. The van der Waals surface area contributed by atoms with Gasteiger partial charge in [-0.1, -0.05) is 0 Å². The molecule has 68 valence electrons. The highest BCUT2D eigenvalue weighted by Crippen LogP contribution is 2.16. The van der Waals surface area contributed by atoms with Crippen LogP contribution in [0.3, 0.4) is 0 Å². The number of sulfone groups is 1. The second kappa shape index (κ2) is 4.42. The Morgan fingerprint density at radius 3 is 2.55 bits per heavy atom. The molecule has 1 aliphatic heterocycles. The van der Waals surface area contributed by atoms with Crippen molar-refractivity contribution >= 4 is 26.8 Å². The van der Waals surface area contributed by atoms with Crippen LogP contribution in [0.5, 0.6) is 0 Å². The van der Waals surface area contributed by atoms with Crippen LogP contribution in [0.4, 0.5) is 0 Å². The van der Waals surface area contributed by atoms with Gasteiger partial charge in [0.25, 0.3) is 0 Å². The zero-order valence-corrected chi connectivity index (χ0v) is 9.07. The molecule has 3 nitrogen and oxygen atoms in total. The smallest absolute Gasteiger partial charge is 0.150 e. The minimum Gasteiger partial charge on any atom is -0.319 e. The summed E-state index contributed by atoms with van der Waals surface area (Å²) in [6, 6.07) is 0. The third-order valence-electron chi connectivity index (χ3n) is 1.82. The molecule has 0 bridgehead atoms. The van der Waals surface area contributed by atoms with E-state index >= 15 is 0 Å². The predicted octanol–water partition coefficient (Wildman–Crippen LogP) is 0.218. The maximum absolute atomic E-state index is 10.9. The molecule has 1 aliphatic rings. The van der Waals surface area contributed by atoms with E-state index in [1.165, 1.54) is 0 Å². The van der Waals surface area contributed by atoms with Gasteiger partial charge in [-0.3, -0.25) is 0 Å². The molecule has 1 atom stereocenters. The van der Waals surface area contributed by atoms with Crippen molar-refractivity contribution in [2.75, 3.05) is 25.1 Å². The van der Waals surface area contributed by atoms with E-state index in [9.17, 15) is 8.42 Å². The lowest BCUT2D eigenvalue weighted by molar-refractivity contribution is 0.552. The monoisotopic (exact) mass is 243 g/mol. The van der Waals surface area contributed by atoms with Crippen molar-refractivity contribution in [2.45, 2.75) is 6.42 Å². The average Bonchev–Trinajstić information content (AvgIpc) is 2.12. The van der Waals surface area contributed by atoms with Crippen molar-refractivity contribution in [3.63, 3.8) is 0 Å². The fourth-order valence-corrected chi connectivity index (χ4v) is 3.18. The molecule has 0 aromatic rings. The third kappa shape index (κ3) is 3.53. The molecule has 1 N–H and O–H groups in total. The molecule has 0 amide bonds. The molecule has 0 saturated carbocycles. The van der Waals surface area contributed by atoms with Gasteiger partial charge in [-0.25, -0.2) is 8.42 Å². The van der Waals surface area contributed by atoms with Crippen molar-refractivity contribution in [3.8, 4) is 0 Å². The molecule has 1 saturated heterocycles. The van der Waals surface area contributed by atoms with E-state index in [4.69, 9.17) is 0 Å². The summed E-state index contributed by atoms with van der Waals surface area (Å²) in [5.41, 5.74) is 0. The van der Waals surface area contributed by atoms with Gasteiger partial charge in [0.15, 0.2) is 9.84 Å². The molecule has 1 heterocycles. The number of hydrogen-bond donors (Lipinski definition) is 1. The normalized spacial score (nSPS) is 27.9. The van der Waals surface area contributed by atoms with E-state index in [-0.39, 0.29) is 17.0 Å². The van der Waals surface area contributed by atoms with Crippen molar-refractivity contribution < 1.29 is 8.42 Å². The highest BCUT2D eigenvalue weighted by Gasteiger charge is 2.26. The molecule has 1 rings (SSSR count). The van der Waals surface area contributed by atoms with Crippen molar-refractivity contribution in [2.24, 2.45) is 5.92 Å². The van der Waals surface area contributed by atoms with Crippen LogP contribution in [0.2, 0.25) is 0 Å². The molecule has 0 aromatic heterocycles. The summed E-state index contributed by atoms with van der Waals surface area (Å²) < 4.78 is 21.8. The molecule has 11 heavy (non-hydrogen) atoms. The summed E-state index contributed by atoms with van der Waals surface area (Å²) in [6.07, 6.45) is 0.836. The Bertz CT molecular complexity index is 203. The van der Waals surface area contributed by atoms with Crippen LogP contribution in [0.1, 0.15) is 6.42 Å². The Morgan fingerprint density at radius 1 is 1.55 bits per heavy atom. The summed E-state index contributed by atoms with van der Waals surface area (Å²) >= 11 is 0. The number of rotatable bonds is 2. The first-order valence-corrected chi connectivity index (χ1v) is 5.31. The van der Waals surface area contributed by atoms with E-state index in [0.717, 1.165) is 13.0 Å². The molecule has 0 spiro atoms. The van der Waals surface area contributed by atoms with Crippen molar-refractivity contribution in [1.29, 1.82) is 0 Å². The van der Waals surface area contributed by atoms with Crippen LogP contribution in [-0.4, -0.2) is 33.5 Å². The van der Waals surface area contributed by atoms with Gasteiger partial charge in [0, 0.05) is 0 Å². The lowest BCUT2D eigenvalue weighted by Crippen LogP contribution is -2.19. The summed E-state index contributed by atoms with van der Waals surface area (Å²) in [6.45, 7) is 0.833. The van der Waals surface area contributed by atoms with Crippen LogP contribution in [0, 0.1) is 5.92 Å². The van der Waals surface area contributed by atoms with E-state index in [2.05, 4.69) is 5.32 Å². The first-order chi connectivity index (χ1) is 4.64. The summed E-state index contributed by atoms with van der Waals surface area (Å²) in [4.78, 5) is 0. The minimum absolute atomic E-state index is 0. The van der Waals surface area contributed by atoms with Crippen molar-refractivity contribution in [1.82, 2.24) is 5.32 Å². The van der Waals surface area contributed by atoms with Gasteiger partial charge in [-0.15, -0.1) is 17.0 Å². The Kier molecular flexibility index (Phi) is 4.58. The summed E-state index contributed by atoms with van der Waals surface area (Å²) in [7, 11) is -0.806. The lowest BCUT2D eigenvalue weighted by atomic mass is 10.1. The van der Waals surface area contributed by atoms with Gasteiger partial charge in [-0.05, 0) is 25.9 Å². The molecule has 0 radical (unpaired) electrons. The Morgan fingerprint density at radius 2 is 2.18 bits per heavy atom. The zero-order chi connectivity index (χ0) is 7.61. The van der Waals surface area contributed by atoms with E-state index in [1.54, 1.807) is 0 Å². The van der Waals surface area contributed by atoms with Crippen LogP contribution >= 0.6 is 17.0 Å². The van der Waals surface area contributed by atoms with Gasteiger partial charge in [-0.2, -0.15) is 0 Å². The molecular weight excluding hydrogens is 230 g/mol. The van der Waals surface area contributed by atoms with Crippen LogP contribution < -0.4 is 5.32 Å². The molecule has 1 fully saturated rings. The highest BCUT2D eigenvalue weighted by atomic mass is 79.9. The molecular formula is C6H14BrNO2S. The Hall–Kier alpha value is 0.390. The van der Waals surface area contributed by atoms with Crippen LogP contribution in [-0.2, 0) is 9.84 Å². The minimum atomic E-state index is -2.66. The molecule has 0 aromatic carbocycles. The SMILES string of the molecule is Br.CNCC1CCS(=O)(=O)C1. The van der Waals surface area contributed by atoms with Gasteiger partial charge in [0.2, 0.25) is 0 Å². The standard InChI is InChI=1S/C6H13NO2S.BrH/c1-7-4-6-2-3-10(8,9)5-6;/h6-7H,2-5H2,1H3;1H. The fourth-order valence-electron chi connectivity index (χ4n) is 1.32. The predicted molar refractivity (Wildman–Crippen MR) is 51.0 cm³/mol. The Labute approximate surface area is 78.2 Å².